The van der Waals surface area contributed by atoms with Crippen LogP contribution in [0.1, 0.15) is 18.1 Å². The van der Waals surface area contributed by atoms with E-state index < -0.39 is 0 Å². The standard InChI is InChI=1S/C22H19BrN2O/c1-16(13-17-7-3-2-4-8-17)15-24-25-22(26)14-18-11-12-21(23)20-10-6-5-9-19(18)20/h2-13,15H,14H2,1H3,(H,25,26). The minimum absolute atomic E-state index is 0.138. The Labute approximate surface area is 161 Å². The predicted molar refractivity (Wildman–Crippen MR) is 112 cm³/mol. The highest BCUT2D eigenvalue weighted by Gasteiger charge is 2.08. The zero-order valence-electron chi connectivity index (χ0n) is 14.4. The number of benzene rings is 3. The normalized spacial score (nSPS) is 11.8. The third-order valence-corrected chi connectivity index (χ3v) is 4.66. The molecule has 0 aromatic heterocycles. The van der Waals surface area contributed by atoms with Gasteiger partial charge >= 0.3 is 0 Å². The van der Waals surface area contributed by atoms with Crippen LogP contribution < -0.4 is 5.43 Å². The van der Waals surface area contributed by atoms with Crippen molar-refractivity contribution in [3.63, 3.8) is 0 Å². The van der Waals surface area contributed by atoms with Crippen LogP contribution in [-0.2, 0) is 11.2 Å². The van der Waals surface area contributed by atoms with E-state index in [-0.39, 0.29) is 12.3 Å². The highest BCUT2D eigenvalue weighted by Crippen LogP contribution is 2.27. The molecule has 3 rings (SSSR count). The van der Waals surface area contributed by atoms with Crippen LogP contribution >= 0.6 is 15.9 Å². The number of hydrogen-bond donors (Lipinski definition) is 1. The molecular weight excluding hydrogens is 388 g/mol. The van der Waals surface area contributed by atoms with Gasteiger partial charge in [-0.05, 0) is 40.5 Å². The lowest BCUT2D eigenvalue weighted by atomic mass is 10.0. The van der Waals surface area contributed by atoms with Crippen molar-refractivity contribution in [1.82, 2.24) is 5.43 Å². The number of hydrogen-bond acceptors (Lipinski definition) is 2. The van der Waals surface area contributed by atoms with Crippen molar-refractivity contribution in [1.29, 1.82) is 0 Å². The molecule has 0 aliphatic carbocycles. The van der Waals surface area contributed by atoms with E-state index in [1.807, 2.05) is 79.7 Å². The number of rotatable bonds is 5. The molecule has 0 spiro atoms. The molecule has 3 aromatic rings. The molecule has 3 nitrogen and oxygen atoms in total. The van der Waals surface area contributed by atoms with E-state index in [2.05, 4.69) is 26.5 Å². The van der Waals surface area contributed by atoms with Gasteiger partial charge < -0.3 is 0 Å². The third kappa shape index (κ3) is 4.67. The van der Waals surface area contributed by atoms with Crippen LogP contribution in [0.4, 0.5) is 0 Å². The van der Waals surface area contributed by atoms with Crippen molar-refractivity contribution >= 4 is 44.9 Å². The summed E-state index contributed by atoms with van der Waals surface area (Å²) < 4.78 is 1.02. The van der Waals surface area contributed by atoms with Crippen molar-refractivity contribution in [3.05, 3.63) is 87.9 Å². The second-order valence-electron chi connectivity index (χ2n) is 6.02. The van der Waals surface area contributed by atoms with Crippen molar-refractivity contribution in [2.75, 3.05) is 0 Å². The van der Waals surface area contributed by atoms with E-state index in [0.717, 1.165) is 31.9 Å². The summed E-state index contributed by atoms with van der Waals surface area (Å²) in [5, 5.41) is 6.23. The quantitative estimate of drug-likeness (QED) is 0.450. The Kier molecular flexibility index (Phi) is 5.97. The second kappa shape index (κ2) is 8.59. The van der Waals surface area contributed by atoms with Gasteiger partial charge in [-0.1, -0.05) is 82.7 Å². The van der Waals surface area contributed by atoms with Gasteiger partial charge in [-0.3, -0.25) is 4.79 Å². The molecule has 0 aliphatic heterocycles. The van der Waals surface area contributed by atoms with Gasteiger partial charge in [0.2, 0.25) is 5.91 Å². The Morgan fingerprint density at radius 1 is 1.00 bits per heavy atom. The summed E-state index contributed by atoms with van der Waals surface area (Å²) in [5.74, 6) is -0.138. The summed E-state index contributed by atoms with van der Waals surface area (Å²) in [4.78, 5) is 12.2. The summed E-state index contributed by atoms with van der Waals surface area (Å²) in [6.07, 6.45) is 3.95. The number of hydrazone groups is 1. The molecule has 0 aliphatic rings. The first kappa shape index (κ1) is 18.1. The average Bonchev–Trinajstić information content (AvgIpc) is 2.65. The summed E-state index contributed by atoms with van der Waals surface area (Å²) in [5.41, 5.74) is 5.65. The van der Waals surface area contributed by atoms with Crippen LogP contribution in [0.25, 0.3) is 16.8 Å². The summed E-state index contributed by atoms with van der Waals surface area (Å²) >= 11 is 3.55. The van der Waals surface area contributed by atoms with Crippen LogP contribution in [0.3, 0.4) is 0 Å². The predicted octanol–water partition coefficient (Wildman–Crippen LogP) is 5.35. The van der Waals surface area contributed by atoms with Gasteiger partial charge in [-0.2, -0.15) is 5.10 Å². The minimum Gasteiger partial charge on any atom is -0.273 e. The van der Waals surface area contributed by atoms with E-state index in [1.54, 1.807) is 6.21 Å². The lowest BCUT2D eigenvalue weighted by Crippen LogP contribution is -2.19. The molecule has 0 saturated heterocycles. The van der Waals surface area contributed by atoms with Gasteiger partial charge in [-0.25, -0.2) is 5.43 Å². The number of nitrogens with zero attached hydrogens (tertiary/aromatic N) is 1. The maximum atomic E-state index is 12.2. The first-order valence-corrected chi connectivity index (χ1v) is 9.14. The molecule has 0 bridgehead atoms. The van der Waals surface area contributed by atoms with Gasteiger partial charge in [0.25, 0.3) is 0 Å². The SMILES string of the molecule is CC(C=NNC(=O)Cc1ccc(Br)c2ccccc12)=Cc1ccccc1. The molecule has 4 heteroatoms. The van der Waals surface area contributed by atoms with Crippen LogP contribution in [0.15, 0.2) is 81.9 Å². The van der Waals surface area contributed by atoms with Gasteiger partial charge in [0.15, 0.2) is 0 Å². The van der Waals surface area contributed by atoms with Gasteiger partial charge in [0.1, 0.15) is 0 Å². The molecule has 0 heterocycles. The number of fused-ring (bicyclic) bond motifs is 1. The number of amides is 1. The topological polar surface area (TPSA) is 41.5 Å². The minimum atomic E-state index is -0.138. The van der Waals surface area contributed by atoms with Crippen molar-refractivity contribution in [2.45, 2.75) is 13.3 Å². The fourth-order valence-corrected chi connectivity index (χ4v) is 3.22. The lowest BCUT2D eigenvalue weighted by Gasteiger charge is -2.07. The van der Waals surface area contributed by atoms with Crippen molar-refractivity contribution in [3.8, 4) is 0 Å². The van der Waals surface area contributed by atoms with E-state index in [4.69, 9.17) is 0 Å². The van der Waals surface area contributed by atoms with Crippen LogP contribution in [0.2, 0.25) is 0 Å². The molecule has 0 fully saturated rings. The highest BCUT2D eigenvalue weighted by atomic mass is 79.9. The van der Waals surface area contributed by atoms with Crippen molar-refractivity contribution in [2.24, 2.45) is 5.10 Å². The van der Waals surface area contributed by atoms with Gasteiger partial charge in [0, 0.05) is 4.47 Å². The van der Waals surface area contributed by atoms with Crippen molar-refractivity contribution < 1.29 is 4.79 Å². The summed E-state index contributed by atoms with van der Waals surface area (Å²) in [6, 6.07) is 22.0. The number of carbonyl (C=O) groups is 1. The Morgan fingerprint density at radius 3 is 2.46 bits per heavy atom. The van der Waals surface area contributed by atoms with Gasteiger partial charge in [-0.15, -0.1) is 0 Å². The highest BCUT2D eigenvalue weighted by molar-refractivity contribution is 9.10. The smallest absolute Gasteiger partial charge is 0.244 e. The van der Waals surface area contributed by atoms with E-state index in [1.165, 1.54) is 0 Å². The summed E-state index contributed by atoms with van der Waals surface area (Å²) in [7, 11) is 0. The Hall–Kier alpha value is -2.72. The zero-order valence-corrected chi connectivity index (χ0v) is 16.0. The van der Waals surface area contributed by atoms with Crippen LogP contribution in [-0.4, -0.2) is 12.1 Å². The molecule has 0 saturated carbocycles. The molecule has 3 aromatic carbocycles. The molecule has 26 heavy (non-hydrogen) atoms. The summed E-state index contributed by atoms with van der Waals surface area (Å²) in [6.45, 7) is 1.95. The van der Waals surface area contributed by atoms with Crippen LogP contribution in [0, 0.1) is 0 Å². The molecule has 0 atom stereocenters. The first-order valence-electron chi connectivity index (χ1n) is 8.35. The number of carbonyl (C=O) groups excluding carboxylic acids is 1. The second-order valence-corrected chi connectivity index (χ2v) is 6.88. The maximum Gasteiger partial charge on any atom is 0.244 e. The fraction of sp³-hybridized carbons (Fsp3) is 0.0909. The zero-order chi connectivity index (χ0) is 18.4. The molecular formula is C22H19BrN2O. The number of allylic oxidation sites excluding steroid dienone is 1. The number of nitrogens with one attached hydrogen (secondary N) is 1. The van der Waals surface area contributed by atoms with E-state index in [9.17, 15) is 4.79 Å². The Morgan fingerprint density at radius 2 is 1.69 bits per heavy atom. The lowest BCUT2D eigenvalue weighted by molar-refractivity contribution is -0.120. The maximum absolute atomic E-state index is 12.2. The molecule has 1 N–H and O–H groups in total. The van der Waals surface area contributed by atoms with Crippen LogP contribution in [0.5, 0.6) is 0 Å². The van der Waals surface area contributed by atoms with E-state index >= 15 is 0 Å². The van der Waals surface area contributed by atoms with Gasteiger partial charge in [0.05, 0.1) is 12.6 Å². The first-order chi connectivity index (χ1) is 12.6. The Balaban J connectivity index is 1.65. The molecule has 0 radical (unpaired) electrons. The third-order valence-electron chi connectivity index (χ3n) is 3.96. The number of halogens is 1. The largest absolute Gasteiger partial charge is 0.273 e. The Bertz CT molecular complexity index is 978. The monoisotopic (exact) mass is 406 g/mol. The fourth-order valence-electron chi connectivity index (χ4n) is 2.75. The molecule has 130 valence electrons. The molecule has 1 amide bonds. The average molecular weight is 407 g/mol. The van der Waals surface area contributed by atoms with E-state index in [0.29, 0.717) is 0 Å². The molecule has 0 unspecified atom stereocenters.